The van der Waals surface area contributed by atoms with Gasteiger partial charge in [-0.2, -0.15) is 0 Å². The highest BCUT2D eigenvalue weighted by molar-refractivity contribution is 5.94. The number of pyridine rings is 1. The molecule has 0 spiro atoms. The van der Waals surface area contributed by atoms with E-state index in [2.05, 4.69) is 27.4 Å². The second-order valence-corrected chi connectivity index (χ2v) is 8.12. The van der Waals surface area contributed by atoms with Gasteiger partial charge < -0.3 is 4.74 Å². The number of ether oxygens (including phenoxy) is 1. The van der Waals surface area contributed by atoms with Crippen LogP contribution >= 0.6 is 0 Å². The van der Waals surface area contributed by atoms with E-state index in [9.17, 15) is 14.4 Å². The fourth-order valence-electron chi connectivity index (χ4n) is 2.91. The summed E-state index contributed by atoms with van der Waals surface area (Å²) in [6.07, 6.45) is 3.54. The standard InChI is InChI=1S/C24H25N5O4/c1-5-16-13-26-20(17-9-7-6-8-10-17)29(22(16)31)15-19-12-11-18(14-25-19)21(30)27-28-23(32)33-24(2,3)4/h5-14H,1,15H2,2-4H3,(H,27,30)(H,28,32). The van der Waals surface area contributed by atoms with E-state index in [0.717, 1.165) is 5.56 Å². The number of carbonyl (C=O) groups is 2. The Kier molecular flexibility index (Phi) is 7.02. The summed E-state index contributed by atoms with van der Waals surface area (Å²) in [4.78, 5) is 45.6. The van der Waals surface area contributed by atoms with Crippen LogP contribution in [-0.2, 0) is 11.3 Å². The fraction of sp³-hybridized carbons (Fsp3) is 0.208. The maximum atomic E-state index is 12.9. The van der Waals surface area contributed by atoms with E-state index < -0.39 is 17.6 Å². The highest BCUT2D eigenvalue weighted by atomic mass is 16.6. The Hall–Kier alpha value is -4.27. The van der Waals surface area contributed by atoms with Crippen LogP contribution in [0.3, 0.4) is 0 Å². The third-order valence-electron chi connectivity index (χ3n) is 4.41. The van der Waals surface area contributed by atoms with Gasteiger partial charge in [-0.3, -0.25) is 24.6 Å². The van der Waals surface area contributed by atoms with E-state index >= 15 is 0 Å². The molecule has 0 radical (unpaired) electrons. The van der Waals surface area contributed by atoms with Crippen LogP contribution in [0.5, 0.6) is 0 Å². The second kappa shape index (κ2) is 9.90. The van der Waals surface area contributed by atoms with E-state index in [4.69, 9.17) is 4.74 Å². The van der Waals surface area contributed by atoms with Crippen LogP contribution in [0.1, 0.15) is 42.4 Å². The predicted molar refractivity (Wildman–Crippen MR) is 124 cm³/mol. The van der Waals surface area contributed by atoms with Gasteiger partial charge in [-0.15, -0.1) is 0 Å². The number of amides is 2. The van der Waals surface area contributed by atoms with Gasteiger partial charge in [0.05, 0.1) is 23.4 Å². The van der Waals surface area contributed by atoms with Crippen LogP contribution in [0.4, 0.5) is 4.79 Å². The maximum Gasteiger partial charge on any atom is 0.426 e. The summed E-state index contributed by atoms with van der Waals surface area (Å²) < 4.78 is 6.57. The number of aromatic nitrogens is 3. The first-order valence-electron chi connectivity index (χ1n) is 10.2. The lowest BCUT2D eigenvalue weighted by molar-refractivity contribution is 0.0483. The van der Waals surface area contributed by atoms with Gasteiger partial charge in [0.1, 0.15) is 11.4 Å². The summed E-state index contributed by atoms with van der Waals surface area (Å²) >= 11 is 0. The largest absolute Gasteiger partial charge is 0.443 e. The monoisotopic (exact) mass is 447 g/mol. The topological polar surface area (TPSA) is 115 Å². The number of hydrogen-bond acceptors (Lipinski definition) is 6. The summed E-state index contributed by atoms with van der Waals surface area (Å²) in [5.41, 5.74) is 5.45. The highest BCUT2D eigenvalue weighted by Crippen LogP contribution is 2.16. The summed E-state index contributed by atoms with van der Waals surface area (Å²) in [6.45, 7) is 8.96. The molecule has 0 saturated carbocycles. The smallest absolute Gasteiger partial charge is 0.426 e. The number of nitrogens with one attached hydrogen (secondary N) is 2. The molecule has 0 aliphatic carbocycles. The molecule has 0 aliphatic heterocycles. The van der Waals surface area contributed by atoms with Crippen LogP contribution in [0.2, 0.25) is 0 Å². The number of carbonyl (C=O) groups excluding carboxylic acids is 2. The van der Waals surface area contributed by atoms with E-state index in [-0.39, 0.29) is 17.7 Å². The third kappa shape index (κ3) is 6.13. The Balaban J connectivity index is 1.77. The van der Waals surface area contributed by atoms with Crippen molar-refractivity contribution >= 4 is 18.1 Å². The zero-order chi connectivity index (χ0) is 24.0. The molecule has 1 aromatic carbocycles. The zero-order valence-electron chi connectivity index (χ0n) is 18.7. The first-order valence-corrected chi connectivity index (χ1v) is 10.2. The third-order valence-corrected chi connectivity index (χ3v) is 4.41. The Labute approximate surface area is 191 Å². The molecule has 170 valence electrons. The minimum Gasteiger partial charge on any atom is -0.443 e. The zero-order valence-corrected chi connectivity index (χ0v) is 18.7. The first kappa shape index (κ1) is 23.4. The molecule has 0 bridgehead atoms. The Morgan fingerprint density at radius 1 is 1.06 bits per heavy atom. The van der Waals surface area contributed by atoms with Crippen molar-refractivity contribution in [1.82, 2.24) is 25.4 Å². The fourth-order valence-corrected chi connectivity index (χ4v) is 2.91. The van der Waals surface area contributed by atoms with E-state index in [0.29, 0.717) is 17.1 Å². The molecule has 2 amide bonds. The number of hydrazine groups is 1. The van der Waals surface area contributed by atoms with Gasteiger partial charge in [-0.25, -0.2) is 15.2 Å². The summed E-state index contributed by atoms with van der Waals surface area (Å²) in [5, 5.41) is 0. The molecule has 2 aromatic heterocycles. The molecule has 9 heteroatoms. The average Bonchev–Trinajstić information content (AvgIpc) is 2.78. The molecule has 2 N–H and O–H groups in total. The van der Waals surface area contributed by atoms with E-state index in [1.54, 1.807) is 32.9 Å². The summed E-state index contributed by atoms with van der Waals surface area (Å²) in [6, 6.07) is 12.5. The molecule has 0 saturated heterocycles. The van der Waals surface area contributed by atoms with Crippen molar-refractivity contribution in [2.24, 2.45) is 0 Å². The van der Waals surface area contributed by atoms with Gasteiger partial charge in [0, 0.05) is 18.0 Å². The SMILES string of the molecule is C=Cc1cnc(-c2ccccc2)n(Cc2ccc(C(=O)NNC(=O)OC(C)(C)C)cn2)c1=O. The summed E-state index contributed by atoms with van der Waals surface area (Å²) in [7, 11) is 0. The minimum atomic E-state index is -0.775. The van der Waals surface area contributed by atoms with E-state index in [1.807, 2.05) is 30.3 Å². The molecular formula is C24H25N5O4. The maximum absolute atomic E-state index is 12.9. The Morgan fingerprint density at radius 2 is 1.79 bits per heavy atom. The normalized spacial score (nSPS) is 10.9. The van der Waals surface area contributed by atoms with Gasteiger partial charge in [0.25, 0.3) is 11.5 Å². The molecule has 0 unspecified atom stereocenters. The van der Waals surface area contributed by atoms with Gasteiger partial charge in [-0.05, 0) is 32.9 Å². The van der Waals surface area contributed by atoms with Crippen molar-refractivity contribution in [3.8, 4) is 11.4 Å². The molecule has 3 aromatic rings. The molecule has 9 nitrogen and oxygen atoms in total. The Morgan fingerprint density at radius 3 is 2.39 bits per heavy atom. The van der Waals surface area contributed by atoms with Crippen LogP contribution < -0.4 is 16.4 Å². The first-order chi connectivity index (χ1) is 15.7. The van der Waals surface area contributed by atoms with Crippen LogP contribution in [-0.4, -0.2) is 32.1 Å². The van der Waals surface area contributed by atoms with Crippen LogP contribution in [0.25, 0.3) is 17.5 Å². The predicted octanol–water partition coefficient (Wildman–Crippen LogP) is 3.17. The molecule has 3 rings (SSSR count). The van der Waals surface area contributed by atoms with E-state index in [1.165, 1.54) is 23.0 Å². The quantitative estimate of drug-likeness (QED) is 0.581. The minimum absolute atomic E-state index is 0.149. The lowest BCUT2D eigenvalue weighted by Crippen LogP contribution is -2.44. The number of rotatable bonds is 5. The van der Waals surface area contributed by atoms with Gasteiger partial charge >= 0.3 is 6.09 Å². The van der Waals surface area contributed by atoms with Crippen molar-refractivity contribution in [2.75, 3.05) is 0 Å². The van der Waals surface area contributed by atoms with Gasteiger partial charge in [0.15, 0.2) is 0 Å². The molecule has 0 atom stereocenters. The van der Waals surface area contributed by atoms with Crippen LogP contribution in [0.15, 0.2) is 66.2 Å². The summed E-state index contributed by atoms with van der Waals surface area (Å²) in [5.74, 6) is -0.0613. The van der Waals surface area contributed by atoms with Crippen molar-refractivity contribution in [1.29, 1.82) is 0 Å². The average molecular weight is 447 g/mol. The lowest BCUT2D eigenvalue weighted by atomic mass is 10.2. The Bertz CT molecular complexity index is 1210. The second-order valence-electron chi connectivity index (χ2n) is 8.12. The highest BCUT2D eigenvalue weighted by Gasteiger charge is 2.17. The van der Waals surface area contributed by atoms with Crippen molar-refractivity contribution in [3.63, 3.8) is 0 Å². The number of benzene rings is 1. The van der Waals surface area contributed by atoms with Crippen molar-refractivity contribution < 1.29 is 14.3 Å². The molecule has 33 heavy (non-hydrogen) atoms. The molecule has 2 heterocycles. The van der Waals surface area contributed by atoms with Crippen molar-refractivity contribution in [2.45, 2.75) is 32.9 Å². The molecule has 0 aliphatic rings. The lowest BCUT2D eigenvalue weighted by Gasteiger charge is -2.19. The number of nitrogens with zero attached hydrogens (tertiary/aromatic N) is 3. The van der Waals surface area contributed by atoms with Crippen molar-refractivity contribution in [3.05, 3.63) is 88.6 Å². The molecular weight excluding hydrogens is 422 g/mol. The molecule has 0 fully saturated rings. The van der Waals surface area contributed by atoms with Gasteiger partial charge in [-0.1, -0.05) is 43.0 Å². The van der Waals surface area contributed by atoms with Gasteiger partial charge in [0.2, 0.25) is 0 Å². The number of hydrogen-bond donors (Lipinski definition) is 2. The van der Waals surface area contributed by atoms with Crippen LogP contribution in [0, 0.1) is 0 Å².